The highest BCUT2D eigenvalue weighted by Crippen LogP contribution is 2.41. The van der Waals surface area contributed by atoms with Crippen LogP contribution < -0.4 is 10.6 Å². The van der Waals surface area contributed by atoms with Gasteiger partial charge in [0.2, 0.25) is 11.1 Å². The molecule has 49 heavy (non-hydrogen) atoms. The molecule has 2 aromatic carbocycles. The van der Waals surface area contributed by atoms with Crippen molar-refractivity contribution >= 4 is 65.4 Å². The number of nitrogens with zero attached hydrogens (tertiary/aromatic N) is 8. The Kier molecular flexibility index (Phi) is 9.72. The van der Waals surface area contributed by atoms with Gasteiger partial charge in [0.25, 0.3) is 5.91 Å². The van der Waals surface area contributed by atoms with Crippen molar-refractivity contribution in [2.45, 2.75) is 22.6 Å². The third-order valence-corrected chi connectivity index (χ3v) is 10.2. The number of rotatable bonds is 10. The molecular formula is C30H28N10O7S2. The summed E-state index contributed by atoms with van der Waals surface area (Å²) in [5.41, 5.74) is 1.40. The highest BCUT2D eigenvalue weighted by molar-refractivity contribution is 8.01. The fraction of sp³-hybridized carbons (Fsp3) is 0.267. The summed E-state index contributed by atoms with van der Waals surface area (Å²) in [5, 5.41) is 31.2. The zero-order valence-corrected chi connectivity index (χ0v) is 27.3. The van der Waals surface area contributed by atoms with E-state index in [1.54, 1.807) is 61.6 Å². The number of hydrogen-bond acceptors (Lipinski definition) is 12. The molecule has 3 aliphatic heterocycles. The van der Waals surface area contributed by atoms with Crippen LogP contribution in [0.2, 0.25) is 0 Å². The van der Waals surface area contributed by atoms with Gasteiger partial charge in [0.15, 0.2) is 0 Å². The van der Waals surface area contributed by atoms with Crippen LogP contribution in [0.1, 0.15) is 17.2 Å². The molecule has 2 unspecified atom stereocenters. The second-order valence-corrected chi connectivity index (χ2v) is 12.9. The molecule has 0 spiro atoms. The maximum atomic E-state index is 13.7. The van der Waals surface area contributed by atoms with E-state index in [4.69, 9.17) is 0 Å². The largest absolute Gasteiger partial charge is 0.477 e. The number of carboxylic acid groups (broad SMARTS) is 1. The van der Waals surface area contributed by atoms with Crippen molar-refractivity contribution in [3.8, 4) is 0 Å². The predicted molar refractivity (Wildman–Crippen MR) is 174 cm³/mol. The number of β-lactam (4-membered cyclic amide) rings is 1. The number of amides is 6. The Labute approximate surface area is 286 Å². The third-order valence-electron chi connectivity index (χ3n) is 7.76. The molecule has 3 aromatic rings. The molecule has 6 amide bonds. The monoisotopic (exact) mass is 704 g/mol. The number of thioether (sulfide) groups is 2. The normalized spacial score (nSPS) is 19.9. The molecule has 4 heterocycles. The summed E-state index contributed by atoms with van der Waals surface area (Å²) in [6, 6.07) is 13.7. The molecule has 0 aliphatic carbocycles. The van der Waals surface area contributed by atoms with Crippen LogP contribution in [-0.4, -0.2) is 118 Å². The number of hydrogen-bond donors (Lipinski definition) is 3. The summed E-state index contributed by atoms with van der Waals surface area (Å²) >= 11 is 2.52. The van der Waals surface area contributed by atoms with Crippen molar-refractivity contribution in [1.29, 1.82) is 0 Å². The first-order valence-corrected chi connectivity index (χ1v) is 16.8. The standard InChI is InChI=1S/C30H28N10O7S2/c1-37-30(34-35-36-37)49-16-19-15-48-27-21(24(42)40(27)22(19)28(45)46)32-23(41)20(18-10-6-3-7-11-18)33-29(47)38-12-13-39(26(44)25(38)43)31-14-17-8-4-2-5-9-17/h2-11,14,20-21,27H,12-13,15-16H2,1H3,(H,32,41)(H,33,47)(H,45,46)/t20?,21-,27?/m1/s1. The van der Waals surface area contributed by atoms with Crippen molar-refractivity contribution in [2.75, 3.05) is 24.6 Å². The number of carbonyl (C=O) groups is 6. The van der Waals surface area contributed by atoms with E-state index in [9.17, 15) is 33.9 Å². The number of nitrogens with one attached hydrogen (secondary N) is 2. The van der Waals surface area contributed by atoms with Crippen molar-refractivity contribution in [1.82, 2.24) is 45.6 Å². The van der Waals surface area contributed by atoms with Crippen LogP contribution >= 0.6 is 23.5 Å². The quantitative estimate of drug-likeness (QED) is 0.112. The van der Waals surface area contributed by atoms with Gasteiger partial charge in [0, 0.05) is 18.6 Å². The number of piperazine rings is 1. The molecular weight excluding hydrogens is 677 g/mol. The molecule has 17 nitrogen and oxygen atoms in total. The van der Waals surface area contributed by atoms with Gasteiger partial charge in [-0.05, 0) is 27.1 Å². The molecule has 0 radical (unpaired) electrons. The Morgan fingerprint density at radius 2 is 1.78 bits per heavy atom. The molecule has 2 saturated heterocycles. The average molecular weight is 705 g/mol. The van der Waals surface area contributed by atoms with Crippen molar-refractivity contribution < 1.29 is 33.9 Å². The number of aliphatic carboxylic acids is 1. The van der Waals surface area contributed by atoms with E-state index in [0.29, 0.717) is 26.8 Å². The van der Waals surface area contributed by atoms with E-state index < -0.39 is 53.1 Å². The fourth-order valence-corrected chi connectivity index (χ4v) is 7.61. The molecule has 0 bridgehead atoms. The lowest BCUT2D eigenvalue weighted by atomic mass is 10.0. The minimum absolute atomic E-state index is 0.0652. The first kappa shape index (κ1) is 33.3. The fourth-order valence-electron chi connectivity index (χ4n) is 5.28. The van der Waals surface area contributed by atoms with Gasteiger partial charge in [-0.25, -0.2) is 19.3 Å². The molecule has 19 heteroatoms. The van der Waals surface area contributed by atoms with Crippen LogP contribution in [0, 0.1) is 0 Å². The summed E-state index contributed by atoms with van der Waals surface area (Å²) in [7, 11) is 1.65. The maximum absolute atomic E-state index is 13.7. The zero-order chi connectivity index (χ0) is 34.7. The molecule has 3 N–H and O–H groups in total. The number of imide groups is 1. The van der Waals surface area contributed by atoms with Gasteiger partial charge in [0.05, 0.1) is 19.3 Å². The minimum atomic E-state index is -1.36. The van der Waals surface area contributed by atoms with Gasteiger partial charge in [0.1, 0.15) is 23.2 Å². The second kappa shape index (κ2) is 14.3. The Bertz CT molecular complexity index is 1870. The van der Waals surface area contributed by atoms with Gasteiger partial charge in [-0.2, -0.15) is 5.10 Å². The van der Waals surface area contributed by atoms with Crippen LogP contribution in [0.4, 0.5) is 4.79 Å². The third kappa shape index (κ3) is 6.88. The summed E-state index contributed by atoms with van der Waals surface area (Å²) in [6.45, 7) is -0.247. The maximum Gasteiger partial charge on any atom is 0.352 e. The Morgan fingerprint density at radius 1 is 1.06 bits per heavy atom. The lowest BCUT2D eigenvalue weighted by Gasteiger charge is -2.49. The lowest BCUT2D eigenvalue weighted by molar-refractivity contribution is -0.153. The molecule has 6 rings (SSSR count). The first-order chi connectivity index (χ1) is 23.6. The number of tetrazole rings is 1. The number of hydrazone groups is 1. The zero-order valence-electron chi connectivity index (χ0n) is 25.7. The Hall–Kier alpha value is -5.56. The van der Waals surface area contributed by atoms with Crippen LogP contribution in [0.25, 0.3) is 0 Å². The number of aromatic nitrogens is 4. The SMILES string of the molecule is Cn1nnnc1SCC1=C(C(=O)O)N2C(=O)[C@@H](NC(=O)C(NC(=O)N3CCN(N=Cc4ccccc4)C(=O)C3=O)c3ccccc3)C2SC1. The van der Waals surface area contributed by atoms with E-state index in [1.807, 2.05) is 6.07 Å². The van der Waals surface area contributed by atoms with E-state index in [-0.39, 0.29) is 30.3 Å². The topological polar surface area (TPSA) is 212 Å². The van der Waals surface area contributed by atoms with Gasteiger partial charge >= 0.3 is 23.8 Å². The minimum Gasteiger partial charge on any atom is -0.477 e. The van der Waals surface area contributed by atoms with Gasteiger partial charge < -0.3 is 15.7 Å². The van der Waals surface area contributed by atoms with Crippen LogP contribution in [0.15, 0.2) is 82.2 Å². The van der Waals surface area contributed by atoms with Crippen LogP contribution in [0.3, 0.4) is 0 Å². The number of aryl methyl sites for hydroxylation is 1. The van der Waals surface area contributed by atoms with E-state index in [2.05, 4.69) is 31.3 Å². The molecule has 252 valence electrons. The van der Waals surface area contributed by atoms with Gasteiger partial charge in [-0.1, -0.05) is 72.4 Å². The average Bonchev–Trinajstić information content (AvgIpc) is 3.53. The molecule has 1 aromatic heterocycles. The molecule has 3 atom stereocenters. The summed E-state index contributed by atoms with van der Waals surface area (Å²) in [6.07, 6.45) is 1.43. The van der Waals surface area contributed by atoms with Crippen LogP contribution in [-0.2, 0) is 31.0 Å². The van der Waals surface area contributed by atoms with E-state index in [0.717, 1.165) is 9.91 Å². The van der Waals surface area contributed by atoms with Gasteiger partial charge in [-0.15, -0.1) is 16.9 Å². The second-order valence-electron chi connectivity index (χ2n) is 10.9. The molecule has 2 fully saturated rings. The van der Waals surface area contributed by atoms with Crippen LogP contribution in [0.5, 0.6) is 0 Å². The van der Waals surface area contributed by atoms with E-state index >= 15 is 0 Å². The Balaban J connectivity index is 1.13. The number of urea groups is 1. The molecule has 0 saturated carbocycles. The summed E-state index contributed by atoms with van der Waals surface area (Å²) in [4.78, 5) is 80.2. The summed E-state index contributed by atoms with van der Waals surface area (Å²) in [5.74, 6) is -4.31. The first-order valence-electron chi connectivity index (χ1n) is 14.8. The van der Waals surface area contributed by atoms with Crippen molar-refractivity contribution in [2.24, 2.45) is 12.1 Å². The van der Waals surface area contributed by atoms with Crippen molar-refractivity contribution in [3.63, 3.8) is 0 Å². The smallest absolute Gasteiger partial charge is 0.352 e. The molecule has 3 aliphatic rings. The number of carboxylic acids is 1. The van der Waals surface area contributed by atoms with E-state index in [1.165, 1.54) is 34.4 Å². The number of carbonyl (C=O) groups excluding carboxylic acids is 5. The van der Waals surface area contributed by atoms with Gasteiger partial charge in [-0.3, -0.25) is 29.0 Å². The number of fused-ring (bicyclic) bond motifs is 1. The summed E-state index contributed by atoms with van der Waals surface area (Å²) < 4.78 is 1.45. The Morgan fingerprint density at radius 3 is 2.45 bits per heavy atom. The number of benzene rings is 2. The predicted octanol–water partition coefficient (Wildman–Crippen LogP) is 0.197. The van der Waals surface area contributed by atoms with Crippen molar-refractivity contribution in [3.05, 3.63) is 83.1 Å². The lowest BCUT2D eigenvalue weighted by Crippen LogP contribution is -2.71. The highest BCUT2D eigenvalue weighted by atomic mass is 32.2. The highest BCUT2D eigenvalue weighted by Gasteiger charge is 2.54.